The van der Waals surface area contributed by atoms with Crippen molar-refractivity contribution in [2.45, 2.75) is 31.5 Å². The summed E-state index contributed by atoms with van der Waals surface area (Å²) in [5.74, 6) is 0. The predicted molar refractivity (Wildman–Crippen MR) is 63.8 cm³/mol. The van der Waals surface area contributed by atoms with Crippen molar-refractivity contribution in [1.82, 2.24) is 4.98 Å². The maximum absolute atomic E-state index is 4.35. The Balaban J connectivity index is 0.00000121. The largest absolute Gasteiger partial charge is 0.249 e. The van der Waals surface area contributed by atoms with Crippen molar-refractivity contribution in [1.29, 1.82) is 0 Å². The highest BCUT2D eigenvalue weighted by molar-refractivity contribution is 9.08. The van der Waals surface area contributed by atoms with Crippen LogP contribution in [0.15, 0.2) is 6.20 Å². The van der Waals surface area contributed by atoms with Crippen LogP contribution in [0.25, 0.3) is 0 Å². The second-order valence-electron chi connectivity index (χ2n) is 3.52. The molecule has 1 nitrogen and oxygen atoms in total. The van der Waals surface area contributed by atoms with Crippen LogP contribution in [-0.4, -0.2) is 4.98 Å². The molecule has 0 spiro atoms. The van der Waals surface area contributed by atoms with Gasteiger partial charge in [-0.25, -0.2) is 4.98 Å². The van der Waals surface area contributed by atoms with Crippen molar-refractivity contribution < 1.29 is 0 Å². The number of alkyl halides is 1. The molecule has 0 atom stereocenters. The second-order valence-corrected chi connectivity index (χ2v) is 5.19. The molecular weight excluding hydrogens is 302 g/mol. The Labute approximate surface area is 96.5 Å². The maximum atomic E-state index is 4.35. The molecule has 12 heavy (non-hydrogen) atoms. The number of hydrogen-bond acceptors (Lipinski definition) is 2. The Morgan fingerprint density at radius 1 is 1.50 bits per heavy atom. The standard InChI is InChI=1S/C8H12BrNS.BrH/c1-8(2,3)7-10-5-6(4-9)11-7;/h5H,4H2,1-3H3;1H. The summed E-state index contributed by atoms with van der Waals surface area (Å²) in [5.41, 5.74) is 0.199. The van der Waals surface area contributed by atoms with Crippen LogP contribution in [-0.2, 0) is 10.7 Å². The smallest absolute Gasteiger partial charge is 0.0981 e. The summed E-state index contributed by atoms with van der Waals surface area (Å²) in [5, 5.41) is 2.13. The van der Waals surface area contributed by atoms with Crippen LogP contribution in [0, 0.1) is 0 Å². The van der Waals surface area contributed by atoms with Crippen molar-refractivity contribution in [2.24, 2.45) is 0 Å². The molecule has 0 aliphatic rings. The molecule has 0 radical (unpaired) electrons. The van der Waals surface area contributed by atoms with Crippen LogP contribution in [0.5, 0.6) is 0 Å². The van der Waals surface area contributed by atoms with Gasteiger partial charge in [-0.2, -0.15) is 0 Å². The lowest BCUT2D eigenvalue weighted by atomic mass is 9.98. The van der Waals surface area contributed by atoms with E-state index in [4.69, 9.17) is 0 Å². The number of halogens is 2. The van der Waals surface area contributed by atoms with Crippen LogP contribution in [0.4, 0.5) is 0 Å². The minimum atomic E-state index is 0. The Hall–Kier alpha value is 0.590. The molecule has 70 valence electrons. The lowest BCUT2D eigenvalue weighted by molar-refractivity contribution is 0.585. The highest BCUT2D eigenvalue weighted by atomic mass is 79.9. The zero-order chi connectivity index (χ0) is 8.48. The molecule has 1 aromatic rings. The predicted octanol–water partition coefficient (Wildman–Crippen LogP) is 3.91. The van der Waals surface area contributed by atoms with Crippen LogP contribution < -0.4 is 0 Å². The quantitative estimate of drug-likeness (QED) is 0.716. The number of thiazole rings is 1. The molecule has 0 aliphatic carbocycles. The van der Waals surface area contributed by atoms with Crippen LogP contribution >= 0.6 is 44.2 Å². The third-order valence-corrected chi connectivity index (χ3v) is 3.73. The van der Waals surface area contributed by atoms with E-state index >= 15 is 0 Å². The fraction of sp³-hybridized carbons (Fsp3) is 0.625. The van der Waals surface area contributed by atoms with Gasteiger partial charge in [0.15, 0.2) is 0 Å². The van der Waals surface area contributed by atoms with Gasteiger partial charge in [0, 0.05) is 21.8 Å². The fourth-order valence-electron chi connectivity index (χ4n) is 0.716. The van der Waals surface area contributed by atoms with E-state index in [0.29, 0.717) is 0 Å². The number of nitrogens with zero attached hydrogens (tertiary/aromatic N) is 1. The Bertz CT molecular complexity index is 239. The first-order chi connectivity index (χ1) is 5.04. The third kappa shape index (κ3) is 3.15. The molecule has 1 heterocycles. The Morgan fingerprint density at radius 3 is 2.33 bits per heavy atom. The van der Waals surface area contributed by atoms with Crippen LogP contribution in [0.2, 0.25) is 0 Å². The molecule has 4 heteroatoms. The van der Waals surface area contributed by atoms with Gasteiger partial charge in [-0.05, 0) is 0 Å². The van der Waals surface area contributed by atoms with Gasteiger partial charge in [0.05, 0.1) is 5.01 Å². The summed E-state index contributed by atoms with van der Waals surface area (Å²) in [6.07, 6.45) is 1.94. The monoisotopic (exact) mass is 313 g/mol. The second kappa shape index (κ2) is 4.72. The molecule has 0 fully saturated rings. The summed E-state index contributed by atoms with van der Waals surface area (Å²) in [4.78, 5) is 5.65. The summed E-state index contributed by atoms with van der Waals surface area (Å²) in [6, 6.07) is 0. The van der Waals surface area contributed by atoms with Gasteiger partial charge >= 0.3 is 0 Å². The Kier molecular flexibility index (Phi) is 4.95. The lowest BCUT2D eigenvalue weighted by Crippen LogP contribution is -2.09. The lowest BCUT2D eigenvalue weighted by Gasteiger charge is -2.13. The van der Waals surface area contributed by atoms with Gasteiger partial charge in [0.25, 0.3) is 0 Å². The maximum Gasteiger partial charge on any atom is 0.0981 e. The first kappa shape index (κ1) is 12.6. The molecule has 0 amide bonds. The van der Waals surface area contributed by atoms with Crippen molar-refractivity contribution >= 4 is 44.2 Å². The van der Waals surface area contributed by atoms with E-state index in [9.17, 15) is 0 Å². The van der Waals surface area contributed by atoms with E-state index in [2.05, 4.69) is 41.7 Å². The average Bonchev–Trinajstić information content (AvgIpc) is 2.32. The SMILES string of the molecule is Br.CC(C)(C)c1ncc(CBr)s1. The Morgan fingerprint density at radius 2 is 2.08 bits per heavy atom. The average molecular weight is 315 g/mol. The zero-order valence-electron chi connectivity index (χ0n) is 7.43. The van der Waals surface area contributed by atoms with E-state index in [1.165, 1.54) is 9.88 Å². The number of rotatable bonds is 1. The zero-order valence-corrected chi connectivity index (χ0v) is 11.5. The van der Waals surface area contributed by atoms with Gasteiger partial charge < -0.3 is 0 Å². The number of aromatic nitrogens is 1. The highest BCUT2D eigenvalue weighted by Gasteiger charge is 2.17. The first-order valence-corrected chi connectivity index (χ1v) is 5.49. The van der Waals surface area contributed by atoms with Gasteiger partial charge in [0.2, 0.25) is 0 Å². The normalized spacial score (nSPS) is 11.0. The highest BCUT2D eigenvalue weighted by Crippen LogP contribution is 2.27. The summed E-state index contributed by atoms with van der Waals surface area (Å²) < 4.78 is 0. The molecule has 0 saturated carbocycles. The minimum absolute atomic E-state index is 0. The van der Waals surface area contributed by atoms with Gasteiger partial charge in [-0.3, -0.25) is 0 Å². The molecule has 0 saturated heterocycles. The molecule has 0 aliphatic heterocycles. The summed E-state index contributed by atoms with van der Waals surface area (Å²) in [7, 11) is 0. The van der Waals surface area contributed by atoms with Gasteiger partial charge in [0.1, 0.15) is 0 Å². The van der Waals surface area contributed by atoms with E-state index in [-0.39, 0.29) is 22.4 Å². The molecule has 0 N–H and O–H groups in total. The third-order valence-electron chi connectivity index (χ3n) is 1.33. The molecule has 1 aromatic heterocycles. The van der Waals surface area contributed by atoms with Crippen LogP contribution in [0.3, 0.4) is 0 Å². The summed E-state index contributed by atoms with van der Waals surface area (Å²) >= 11 is 5.19. The molecular formula is C8H13Br2NS. The van der Waals surface area contributed by atoms with Crippen molar-refractivity contribution in [3.05, 3.63) is 16.1 Å². The molecule has 0 unspecified atom stereocenters. The molecule has 1 rings (SSSR count). The van der Waals surface area contributed by atoms with Gasteiger partial charge in [-0.1, -0.05) is 36.7 Å². The van der Waals surface area contributed by atoms with E-state index in [0.717, 1.165) is 5.33 Å². The summed E-state index contributed by atoms with van der Waals surface area (Å²) in [6.45, 7) is 6.55. The molecule has 0 aromatic carbocycles. The van der Waals surface area contributed by atoms with E-state index in [1.54, 1.807) is 11.3 Å². The fourth-order valence-corrected chi connectivity index (χ4v) is 2.02. The van der Waals surface area contributed by atoms with Crippen molar-refractivity contribution in [3.63, 3.8) is 0 Å². The number of hydrogen-bond donors (Lipinski definition) is 0. The topological polar surface area (TPSA) is 12.9 Å². The van der Waals surface area contributed by atoms with E-state index in [1.807, 2.05) is 6.20 Å². The van der Waals surface area contributed by atoms with E-state index < -0.39 is 0 Å². The van der Waals surface area contributed by atoms with Crippen LogP contribution in [0.1, 0.15) is 30.7 Å². The minimum Gasteiger partial charge on any atom is -0.249 e. The first-order valence-electron chi connectivity index (χ1n) is 3.55. The van der Waals surface area contributed by atoms with Gasteiger partial charge in [-0.15, -0.1) is 28.3 Å². The van der Waals surface area contributed by atoms with Crippen molar-refractivity contribution in [2.75, 3.05) is 0 Å². The molecule has 0 bridgehead atoms. The van der Waals surface area contributed by atoms with Crippen molar-refractivity contribution in [3.8, 4) is 0 Å².